The van der Waals surface area contributed by atoms with E-state index in [1.54, 1.807) is 6.92 Å². The molecule has 1 aliphatic carbocycles. The maximum absolute atomic E-state index is 11.8. The highest BCUT2D eigenvalue weighted by Crippen LogP contribution is 2.54. The number of rotatable bonds is 6. The zero-order chi connectivity index (χ0) is 15.6. The van der Waals surface area contributed by atoms with E-state index in [1.165, 1.54) is 6.21 Å². The fourth-order valence-electron chi connectivity index (χ4n) is 2.31. The second-order valence-electron chi connectivity index (χ2n) is 4.61. The largest absolute Gasteiger partial charge is 0.466 e. The fourth-order valence-corrected chi connectivity index (χ4v) is 4.78. The third-order valence-corrected chi connectivity index (χ3v) is 5.71. The standard InChI is InChI=1S/C13H14BrClIN2O2P/c1-2-20-13(19)7-3-6(7)11-9(15)4-10(18-21-16)8(5-17)12(11)14/h4-7,17-18,21H,2-3H2,1H3. The molecule has 1 saturated carbocycles. The minimum Gasteiger partial charge on any atom is -0.466 e. The average molecular weight is 504 g/mol. The zero-order valence-corrected chi connectivity index (χ0v) is 16.7. The van der Waals surface area contributed by atoms with Crippen molar-refractivity contribution >= 4 is 73.8 Å². The molecule has 0 aromatic heterocycles. The molecule has 4 nitrogen and oxygen atoms in total. The quantitative estimate of drug-likeness (QED) is 0.245. The number of benzene rings is 1. The molecule has 21 heavy (non-hydrogen) atoms. The monoisotopic (exact) mass is 502 g/mol. The number of halogens is 3. The summed E-state index contributed by atoms with van der Waals surface area (Å²) in [7, 11) is 0. The predicted octanol–water partition coefficient (Wildman–Crippen LogP) is 5.12. The van der Waals surface area contributed by atoms with Crippen LogP contribution in [0.3, 0.4) is 0 Å². The van der Waals surface area contributed by atoms with Crippen molar-refractivity contribution in [1.29, 1.82) is 5.41 Å². The van der Waals surface area contributed by atoms with Gasteiger partial charge in [0.15, 0.2) is 0 Å². The Labute approximate surface area is 151 Å². The van der Waals surface area contributed by atoms with E-state index in [4.69, 9.17) is 21.7 Å². The van der Waals surface area contributed by atoms with Crippen LogP contribution in [0.4, 0.5) is 5.69 Å². The summed E-state index contributed by atoms with van der Waals surface area (Å²) in [6.45, 7) is 2.19. The minimum absolute atomic E-state index is 0.0701. The van der Waals surface area contributed by atoms with Crippen LogP contribution in [0.5, 0.6) is 0 Å². The predicted molar refractivity (Wildman–Crippen MR) is 100 cm³/mol. The topological polar surface area (TPSA) is 62.2 Å². The molecular formula is C13H14BrClIN2O2P. The summed E-state index contributed by atoms with van der Waals surface area (Å²) < 4.78 is 5.85. The van der Waals surface area contributed by atoms with Gasteiger partial charge in [-0.25, -0.2) is 0 Å². The molecule has 114 valence electrons. The maximum atomic E-state index is 11.8. The van der Waals surface area contributed by atoms with E-state index in [9.17, 15) is 4.79 Å². The smallest absolute Gasteiger partial charge is 0.309 e. The number of carbonyl (C=O) groups is 1. The molecular weight excluding hydrogens is 489 g/mol. The van der Waals surface area contributed by atoms with Gasteiger partial charge in [0.05, 0.1) is 12.5 Å². The number of hydrogen-bond donors (Lipinski definition) is 2. The Bertz CT molecular complexity index is 588. The van der Waals surface area contributed by atoms with Gasteiger partial charge in [-0.05, 0) is 62.9 Å². The van der Waals surface area contributed by atoms with Crippen LogP contribution in [-0.4, -0.2) is 18.8 Å². The molecule has 2 rings (SSSR count). The molecule has 1 aliphatic rings. The lowest BCUT2D eigenvalue weighted by Gasteiger charge is -2.14. The van der Waals surface area contributed by atoms with E-state index in [0.717, 1.165) is 27.7 Å². The first-order valence-corrected chi connectivity index (χ1v) is 11.6. The van der Waals surface area contributed by atoms with Gasteiger partial charge in [0.1, 0.15) is 0 Å². The lowest BCUT2D eigenvalue weighted by molar-refractivity contribution is -0.144. The van der Waals surface area contributed by atoms with Gasteiger partial charge in [-0.3, -0.25) is 4.79 Å². The number of carbonyl (C=O) groups excluding carboxylic acids is 1. The Balaban J connectivity index is 2.34. The molecule has 0 radical (unpaired) electrons. The van der Waals surface area contributed by atoms with Crippen LogP contribution >= 0.6 is 55.9 Å². The Morgan fingerprint density at radius 1 is 1.76 bits per heavy atom. The molecule has 1 fully saturated rings. The molecule has 0 aliphatic heterocycles. The van der Waals surface area contributed by atoms with Crippen LogP contribution in [0.2, 0.25) is 5.02 Å². The highest BCUT2D eigenvalue weighted by Gasteiger charge is 2.47. The number of anilines is 1. The molecule has 0 spiro atoms. The van der Waals surface area contributed by atoms with Crippen LogP contribution in [0.15, 0.2) is 10.5 Å². The van der Waals surface area contributed by atoms with Crippen molar-refractivity contribution in [1.82, 2.24) is 0 Å². The summed E-state index contributed by atoms with van der Waals surface area (Å²) >= 11 is 12.2. The first-order valence-electron chi connectivity index (χ1n) is 6.35. The number of esters is 1. The molecule has 0 amide bonds. The van der Waals surface area contributed by atoms with Crippen molar-refractivity contribution in [2.45, 2.75) is 19.3 Å². The van der Waals surface area contributed by atoms with Gasteiger partial charge in [-0.1, -0.05) is 11.6 Å². The number of nitrogens with one attached hydrogen (secondary N) is 2. The maximum Gasteiger partial charge on any atom is 0.309 e. The summed E-state index contributed by atoms with van der Waals surface area (Å²) in [6.07, 6.45) is 2.53. The van der Waals surface area contributed by atoms with Gasteiger partial charge in [-0.15, -0.1) is 0 Å². The summed E-state index contributed by atoms with van der Waals surface area (Å²) in [5.41, 5.74) is 2.48. The molecule has 0 bridgehead atoms. The van der Waals surface area contributed by atoms with Gasteiger partial charge >= 0.3 is 5.97 Å². The second kappa shape index (κ2) is 7.57. The Morgan fingerprint density at radius 3 is 3.05 bits per heavy atom. The van der Waals surface area contributed by atoms with Gasteiger partial charge < -0.3 is 15.2 Å². The fraction of sp³-hybridized carbons (Fsp3) is 0.385. The third-order valence-electron chi connectivity index (χ3n) is 3.37. The normalized spacial score (nSPS) is 20.6. The van der Waals surface area contributed by atoms with Gasteiger partial charge in [0.25, 0.3) is 0 Å². The van der Waals surface area contributed by atoms with Crippen LogP contribution < -0.4 is 5.09 Å². The molecule has 1 aromatic rings. The first-order chi connectivity index (χ1) is 10.0. The summed E-state index contributed by atoms with van der Waals surface area (Å²) in [5.74, 6) is -0.221. The van der Waals surface area contributed by atoms with E-state index in [0.29, 0.717) is 18.0 Å². The van der Waals surface area contributed by atoms with Crippen molar-refractivity contribution < 1.29 is 9.53 Å². The summed E-state index contributed by atoms with van der Waals surface area (Å²) in [5, 5.41) is 11.4. The third kappa shape index (κ3) is 3.71. The van der Waals surface area contributed by atoms with Crippen LogP contribution in [0.1, 0.15) is 30.4 Å². The molecule has 3 atom stereocenters. The molecule has 0 saturated heterocycles. The molecule has 3 unspecified atom stereocenters. The lowest BCUT2D eigenvalue weighted by atomic mass is 10.0. The molecule has 2 N–H and O–H groups in total. The van der Waals surface area contributed by atoms with E-state index < -0.39 is 0 Å². The average Bonchev–Trinajstić information content (AvgIpc) is 3.19. The van der Waals surface area contributed by atoms with Crippen molar-refractivity contribution in [3.05, 3.63) is 26.7 Å². The van der Waals surface area contributed by atoms with Crippen LogP contribution in [0, 0.1) is 11.3 Å². The Morgan fingerprint density at radius 2 is 2.48 bits per heavy atom. The molecule has 1 aromatic carbocycles. The Hall–Kier alpha value is 0.0900. The van der Waals surface area contributed by atoms with Crippen LogP contribution in [0.25, 0.3) is 0 Å². The van der Waals surface area contributed by atoms with E-state index >= 15 is 0 Å². The highest BCUT2D eigenvalue weighted by molar-refractivity contribution is 14.2. The first kappa shape index (κ1) is 17.4. The minimum atomic E-state index is -0.169. The number of hydrogen-bond acceptors (Lipinski definition) is 4. The van der Waals surface area contributed by atoms with Crippen molar-refractivity contribution in [2.75, 3.05) is 11.7 Å². The molecule has 8 heteroatoms. The van der Waals surface area contributed by atoms with Gasteiger partial charge in [-0.2, -0.15) is 0 Å². The van der Waals surface area contributed by atoms with Crippen molar-refractivity contribution in [3.63, 3.8) is 0 Å². The zero-order valence-electron chi connectivity index (χ0n) is 11.2. The lowest BCUT2D eigenvalue weighted by Crippen LogP contribution is -2.08. The Kier molecular flexibility index (Phi) is 6.29. The summed E-state index contributed by atoms with van der Waals surface area (Å²) in [6, 6.07) is 1.83. The van der Waals surface area contributed by atoms with Crippen molar-refractivity contribution in [2.24, 2.45) is 5.92 Å². The van der Waals surface area contributed by atoms with E-state index in [-0.39, 0.29) is 17.8 Å². The number of ether oxygens (including phenoxy) is 1. The van der Waals surface area contributed by atoms with Crippen molar-refractivity contribution in [3.8, 4) is 0 Å². The van der Waals surface area contributed by atoms with Gasteiger partial charge in [0, 0.05) is 39.3 Å². The van der Waals surface area contributed by atoms with Gasteiger partial charge in [0.2, 0.25) is 0 Å². The van der Waals surface area contributed by atoms with E-state index in [1.807, 2.05) is 6.07 Å². The highest BCUT2D eigenvalue weighted by atomic mass is 127. The van der Waals surface area contributed by atoms with E-state index in [2.05, 4.69) is 43.1 Å². The van der Waals surface area contributed by atoms with Crippen LogP contribution in [-0.2, 0) is 9.53 Å². The molecule has 0 heterocycles. The SMILES string of the molecule is CCOC(=O)C1CC1c1c(Cl)cc(NPI)c(C=N)c1Br. The summed E-state index contributed by atoms with van der Waals surface area (Å²) in [4.78, 5) is 11.8. The second-order valence-corrected chi connectivity index (χ2v) is 7.87.